The Balaban J connectivity index is 1.27. The molecule has 0 saturated carbocycles. The summed E-state index contributed by atoms with van der Waals surface area (Å²) in [5.41, 5.74) is 2.88. The molecule has 0 aliphatic carbocycles. The van der Waals surface area contributed by atoms with Gasteiger partial charge in [0.2, 0.25) is 5.91 Å². The number of rotatable bonds is 7. The lowest BCUT2D eigenvalue weighted by Gasteiger charge is -2.31. The fourth-order valence-corrected chi connectivity index (χ4v) is 3.86. The minimum atomic E-state index is 0.0241. The van der Waals surface area contributed by atoms with Crippen LogP contribution in [0.5, 0.6) is 11.5 Å². The maximum atomic E-state index is 12.6. The van der Waals surface area contributed by atoms with Crippen LogP contribution in [0.15, 0.2) is 60.7 Å². The van der Waals surface area contributed by atoms with Crippen LogP contribution in [0.1, 0.15) is 18.4 Å². The number of hydrogen-bond acceptors (Lipinski definition) is 6. The first-order valence-corrected chi connectivity index (χ1v) is 10.8. The molecule has 7 nitrogen and oxygen atoms in total. The van der Waals surface area contributed by atoms with E-state index < -0.39 is 0 Å². The van der Waals surface area contributed by atoms with E-state index >= 15 is 0 Å². The minimum absolute atomic E-state index is 0.0241. The summed E-state index contributed by atoms with van der Waals surface area (Å²) in [6.07, 6.45) is 1.60. The molecular formula is C25H28N4O3. The number of carbonyl (C=O) groups is 1. The second-order valence-corrected chi connectivity index (χ2v) is 7.83. The highest BCUT2D eigenvalue weighted by molar-refractivity contribution is 5.79. The highest BCUT2D eigenvalue weighted by Gasteiger charge is 2.25. The number of methoxy groups -OCH3 is 2. The topological polar surface area (TPSA) is 76.6 Å². The second kappa shape index (κ2) is 10.1. The van der Waals surface area contributed by atoms with Crippen LogP contribution in [0.2, 0.25) is 0 Å². The summed E-state index contributed by atoms with van der Waals surface area (Å²) in [6.45, 7) is 2.11. The van der Waals surface area contributed by atoms with Crippen molar-refractivity contribution in [3.8, 4) is 22.8 Å². The van der Waals surface area contributed by atoms with Crippen molar-refractivity contribution in [2.45, 2.75) is 19.4 Å². The van der Waals surface area contributed by atoms with Crippen molar-refractivity contribution >= 4 is 11.7 Å². The first-order chi connectivity index (χ1) is 15.7. The molecule has 0 unspecified atom stereocenters. The minimum Gasteiger partial charge on any atom is -0.497 e. The maximum absolute atomic E-state index is 12.6. The lowest BCUT2D eigenvalue weighted by molar-refractivity contribution is -0.125. The molecule has 1 aliphatic heterocycles. The third-order valence-electron chi connectivity index (χ3n) is 5.85. The Kier molecular flexibility index (Phi) is 6.84. The summed E-state index contributed by atoms with van der Waals surface area (Å²) in [5.74, 6) is 2.61. The van der Waals surface area contributed by atoms with Crippen molar-refractivity contribution in [1.29, 1.82) is 0 Å². The molecule has 1 amide bonds. The number of amides is 1. The molecule has 1 saturated heterocycles. The molecule has 2 aromatic carbocycles. The average Bonchev–Trinajstić information content (AvgIpc) is 2.88. The number of nitrogens with zero attached hydrogens (tertiary/aromatic N) is 3. The summed E-state index contributed by atoms with van der Waals surface area (Å²) >= 11 is 0. The zero-order valence-electron chi connectivity index (χ0n) is 18.5. The van der Waals surface area contributed by atoms with Gasteiger partial charge >= 0.3 is 0 Å². The summed E-state index contributed by atoms with van der Waals surface area (Å²) in [5, 5.41) is 11.9. The fraction of sp³-hybridized carbons (Fsp3) is 0.320. The van der Waals surface area contributed by atoms with Gasteiger partial charge in [0.25, 0.3) is 0 Å². The third-order valence-corrected chi connectivity index (χ3v) is 5.85. The third kappa shape index (κ3) is 5.17. The van der Waals surface area contributed by atoms with Crippen molar-refractivity contribution in [2.24, 2.45) is 5.92 Å². The molecule has 166 valence electrons. The molecule has 0 bridgehead atoms. The SMILES string of the molecule is COc1ccc(CNC(=O)C2CCN(c3ccc(-c4ccc(OC)cc4)nn3)CC2)cc1. The molecule has 1 aromatic heterocycles. The van der Waals surface area contributed by atoms with Gasteiger partial charge in [-0.1, -0.05) is 12.1 Å². The Hall–Kier alpha value is -3.61. The van der Waals surface area contributed by atoms with Crippen LogP contribution in [-0.2, 0) is 11.3 Å². The number of anilines is 1. The summed E-state index contributed by atoms with van der Waals surface area (Å²) in [6, 6.07) is 19.5. The van der Waals surface area contributed by atoms with Gasteiger partial charge in [-0.15, -0.1) is 10.2 Å². The van der Waals surface area contributed by atoms with Gasteiger partial charge < -0.3 is 19.7 Å². The van der Waals surface area contributed by atoms with E-state index in [1.807, 2.05) is 60.7 Å². The van der Waals surface area contributed by atoms with E-state index in [1.54, 1.807) is 14.2 Å². The highest BCUT2D eigenvalue weighted by Crippen LogP contribution is 2.24. The van der Waals surface area contributed by atoms with E-state index in [0.29, 0.717) is 6.54 Å². The molecule has 1 N–H and O–H groups in total. The van der Waals surface area contributed by atoms with Crippen molar-refractivity contribution in [3.63, 3.8) is 0 Å². The quantitative estimate of drug-likeness (QED) is 0.614. The second-order valence-electron chi connectivity index (χ2n) is 7.83. The van der Waals surface area contributed by atoms with E-state index in [9.17, 15) is 4.79 Å². The van der Waals surface area contributed by atoms with E-state index in [0.717, 1.165) is 60.1 Å². The van der Waals surface area contributed by atoms with Crippen LogP contribution in [-0.4, -0.2) is 43.4 Å². The zero-order chi connectivity index (χ0) is 22.3. The van der Waals surface area contributed by atoms with Crippen LogP contribution >= 0.6 is 0 Å². The number of ether oxygens (including phenoxy) is 2. The van der Waals surface area contributed by atoms with Gasteiger partial charge in [-0.2, -0.15) is 0 Å². The number of piperidine rings is 1. The van der Waals surface area contributed by atoms with Crippen molar-refractivity contribution in [2.75, 3.05) is 32.2 Å². The molecule has 4 rings (SSSR count). The van der Waals surface area contributed by atoms with Gasteiger partial charge in [0.1, 0.15) is 11.5 Å². The Bertz CT molecular complexity index is 1010. The molecule has 1 aliphatic rings. The van der Waals surface area contributed by atoms with Gasteiger partial charge in [0, 0.05) is 31.1 Å². The van der Waals surface area contributed by atoms with Gasteiger partial charge in [0.15, 0.2) is 5.82 Å². The van der Waals surface area contributed by atoms with E-state index in [-0.39, 0.29) is 11.8 Å². The van der Waals surface area contributed by atoms with Crippen molar-refractivity contribution in [1.82, 2.24) is 15.5 Å². The molecule has 3 aromatic rings. The van der Waals surface area contributed by atoms with E-state index in [2.05, 4.69) is 20.4 Å². The molecule has 0 spiro atoms. The molecule has 32 heavy (non-hydrogen) atoms. The smallest absolute Gasteiger partial charge is 0.223 e. The zero-order valence-corrected chi connectivity index (χ0v) is 18.5. The van der Waals surface area contributed by atoms with Gasteiger partial charge in [-0.05, 0) is 66.9 Å². The Morgan fingerprint density at radius 1 is 0.906 bits per heavy atom. The van der Waals surface area contributed by atoms with Gasteiger partial charge in [-0.3, -0.25) is 4.79 Å². The normalized spacial score (nSPS) is 14.1. The first-order valence-electron chi connectivity index (χ1n) is 10.8. The average molecular weight is 433 g/mol. The lowest BCUT2D eigenvalue weighted by Crippen LogP contribution is -2.40. The van der Waals surface area contributed by atoms with Crippen LogP contribution in [0.4, 0.5) is 5.82 Å². The van der Waals surface area contributed by atoms with E-state index in [4.69, 9.17) is 9.47 Å². The molecule has 7 heteroatoms. The van der Waals surface area contributed by atoms with Crippen molar-refractivity contribution in [3.05, 3.63) is 66.2 Å². The largest absolute Gasteiger partial charge is 0.497 e. The Labute approximate surface area is 188 Å². The fourth-order valence-electron chi connectivity index (χ4n) is 3.86. The Morgan fingerprint density at radius 2 is 1.53 bits per heavy atom. The molecule has 0 atom stereocenters. The van der Waals surface area contributed by atoms with E-state index in [1.165, 1.54) is 0 Å². The number of aromatic nitrogens is 2. The first kappa shape index (κ1) is 21.6. The molecular weight excluding hydrogens is 404 g/mol. The van der Waals surface area contributed by atoms with Crippen LogP contribution in [0.25, 0.3) is 11.3 Å². The number of nitrogens with one attached hydrogen (secondary N) is 1. The standard InChI is InChI=1S/C25H28N4O3/c1-31-21-7-3-18(4-8-21)17-26-25(30)20-13-15-29(16-14-20)24-12-11-23(27-28-24)19-5-9-22(32-2)10-6-19/h3-12,20H,13-17H2,1-2H3,(H,26,30). The number of hydrogen-bond donors (Lipinski definition) is 1. The number of carbonyl (C=O) groups excluding carboxylic acids is 1. The van der Waals surface area contributed by atoms with Crippen molar-refractivity contribution < 1.29 is 14.3 Å². The molecule has 0 radical (unpaired) electrons. The van der Waals surface area contributed by atoms with Gasteiger partial charge in [-0.25, -0.2) is 0 Å². The highest BCUT2D eigenvalue weighted by atomic mass is 16.5. The number of benzene rings is 2. The summed E-state index contributed by atoms with van der Waals surface area (Å²) in [7, 11) is 3.29. The summed E-state index contributed by atoms with van der Waals surface area (Å²) in [4.78, 5) is 14.8. The van der Waals surface area contributed by atoms with Crippen LogP contribution in [0.3, 0.4) is 0 Å². The predicted octanol–water partition coefficient (Wildman–Crippen LogP) is 3.69. The Morgan fingerprint density at radius 3 is 2.09 bits per heavy atom. The molecule has 2 heterocycles. The maximum Gasteiger partial charge on any atom is 0.223 e. The van der Waals surface area contributed by atoms with Crippen LogP contribution < -0.4 is 19.7 Å². The summed E-state index contributed by atoms with van der Waals surface area (Å²) < 4.78 is 10.4. The molecule has 1 fully saturated rings. The predicted molar refractivity (Wildman–Crippen MR) is 124 cm³/mol. The monoisotopic (exact) mass is 432 g/mol. The lowest BCUT2D eigenvalue weighted by atomic mass is 9.96. The van der Waals surface area contributed by atoms with Gasteiger partial charge in [0.05, 0.1) is 19.9 Å². The van der Waals surface area contributed by atoms with Crippen LogP contribution in [0, 0.1) is 5.92 Å².